The molecule has 1 aliphatic rings. The van der Waals surface area contributed by atoms with Crippen LogP contribution in [-0.4, -0.2) is 45.5 Å². The average molecular weight is 347 g/mol. The highest BCUT2D eigenvalue weighted by Gasteiger charge is 2.29. The molecule has 1 N–H and O–H groups in total. The predicted molar refractivity (Wildman–Crippen MR) is 91.0 cm³/mol. The van der Waals surface area contributed by atoms with Gasteiger partial charge in [-0.2, -0.15) is 0 Å². The van der Waals surface area contributed by atoms with Gasteiger partial charge in [-0.3, -0.25) is 4.79 Å². The zero-order valence-corrected chi connectivity index (χ0v) is 14.5. The largest absolute Gasteiger partial charge is 0.497 e. The van der Waals surface area contributed by atoms with Crippen molar-refractivity contribution in [1.82, 2.24) is 5.32 Å². The number of amides is 1. The van der Waals surface area contributed by atoms with E-state index in [0.717, 1.165) is 10.9 Å². The molecule has 0 unspecified atom stereocenters. The van der Waals surface area contributed by atoms with E-state index in [1.807, 2.05) is 13.0 Å². The van der Waals surface area contributed by atoms with Crippen LogP contribution in [0.4, 0.5) is 0 Å². The number of hydrogen-bond donors (Lipinski definition) is 1. The molecule has 1 aliphatic heterocycles. The van der Waals surface area contributed by atoms with E-state index >= 15 is 0 Å². The van der Waals surface area contributed by atoms with Crippen molar-refractivity contribution >= 4 is 16.9 Å². The lowest BCUT2D eigenvalue weighted by molar-refractivity contribution is -0.121. The van der Waals surface area contributed by atoms with Crippen LogP contribution in [0.15, 0.2) is 27.4 Å². The highest BCUT2D eigenvalue weighted by molar-refractivity contribution is 5.85. The molecule has 2 heterocycles. The number of rotatable bonds is 5. The Morgan fingerprint density at radius 2 is 2.12 bits per heavy atom. The number of aryl methyl sites for hydroxylation is 1. The van der Waals surface area contributed by atoms with Gasteiger partial charge in [-0.15, -0.1) is 0 Å². The molecule has 1 saturated heterocycles. The number of carbonyl (C=O) groups excluding carboxylic acids is 1. The van der Waals surface area contributed by atoms with E-state index in [4.69, 9.17) is 18.6 Å². The Morgan fingerprint density at radius 1 is 1.32 bits per heavy atom. The number of ether oxygens (including phenoxy) is 3. The summed E-state index contributed by atoms with van der Waals surface area (Å²) in [5.41, 5.74) is 1.01. The van der Waals surface area contributed by atoms with Crippen LogP contribution in [0, 0.1) is 6.92 Å². The predicted octanol–water partition coefficient (Wildman–Crippen LogP) is 1.18. The van der Waals surface area contributed by atoms with Gasteiger partial charge < -0.3 is 23.9 Å². The Morgan fingerprint density at radius 3 is 2.84 bits per heavy atom. The second-order valence-corrected chi connectivity index (χ2v) is 6.02. The first-order chi connectivity index (χ1) is 12.0. The van der Waals surface area contributed by atoms with Gasteiger partial charge in [0.2, 0.25) is 5.91 Å². The van der Waals surface area contributed by atoms with Gasteiger partial charge in [0.1, 0.15) is 17.4 Å². The van der Waals surface area contributed by atoms with Crippen LogP contribution in [0.5, 0.6) is 5.75 Å². The van der Waals surface area contributed by atoms with Crippen LogP contribution < -0.4 is 15.7 Å². The molecule has 1 aromatic carbocycles. The molecule has 0 bridgehead atoms. The molecule has 0 saturated carbocycles. The Kier molecular flexibility index (Phi) is 5.06. The van der Waals surface area contributed by atoms with Gasteiger partial charge in [0, 0.05) is 18.6 Å². The summed E-state index contributed by atoms with van der Waals surface area (Å²) in [4.78, 5) is 24.7. The summed E-state index contributed by atoms with van der Waals surface area (Å²) in [6.45, 7) is 2.65. The lowest BCUT2D eigenvalue weighted by Crippen LogP contribution is -2.44. The Bertz CT molecular complexity index is 843. The standard InChI is InChI=1S/C18H21NO6/c1-10-12-5-4-11(22-2)6-15(12)25-18(21)13(10)7-17(20)19-14-8-24-9-16(14)23-3/h4-6,14,16H,7-9H2,1-3H3,(H,19,20)/t14-,16-/m0/s1. The van der Waals surface area contributed by atoms with Crippen molar-refractivity contribution in [2.24, 2.45) is 0 Å². The minimum atomic E-state index is -0.514. The molecular formula is C18H21NO6. The topological polar surface area (TPSA) is 87.0 Å². The lowest BCUT2D eigenvalue weighted by atomic mass is 10.0. The number of nitrogens with one attached hydrogen (secondary N) is 1. The zero-order chi connectivity index (χ0) is 18.0. The first kappa shape index (κ1) is 17.4. The molecule has 2 atom stereocenters. The number of fused-ring (bicyclic) bond motifs is 1. The monoisotopic (exact) mass is 347 g/mol. The van der Waals surface area contributed by atoms with Crippen molar-refractivity contribution in [2.75, 3.05) is 27.4 Å². The minimum absolute atomic E-state index is 0.0525. The minimum Gasteiger partial charge on any atom is -0.497 e. The van der Waals surface area contributed by atoms with Crippen LogP contribution in [0.3, 0.4) is 0 Å². The number of benzene rings is 1. The van der Waals surface area contributed by atoms with Gasteiger partial charge in [0.15, 0.2) is 0 Å². The van der Waals surface area contributed by atoms with E-state index in [0.29, 0.717) is 30.1 Å². The van der Waals surface area contributed by atoms with E-state index in [2.05, 4.69) is 5.32 Å². The van der Waals surface area contributed by atoms with E-state index in [-0.39, 0.29) is 24.5 Å². The molecule has 1 aromatic heterocycles. The van der Waals surface area contributed by atoms with Crippen molar-refractivity contribution < 1.29 is 23.4 Å². The van der Waals surface area contributed by atoms with E-state index in [1.54, 1.807) is 26.4 Å². The van der Waals surface area contributed by atoms with Gasteiger partial charge in [0.05, 0.1) is 38.3 Å². The fourth-order valence-electron chi connectivity index (χ4n) is 3.03. The fourth-order valence-corrected chi connectivity index (χ4v) is 3.03. The highest BCUT2D eigenvalue weighted by atomic mass is 16.5. The van der Waals surface area contributed by atoms with Crippen molar-refractivity contribution in [1.29, 1.82) is 0 Å². The maximum Gasteiger partial charge on any atom is 0.340 e. The molecular weight excluding hydrogens is 326 g/mol. The third-order valence-electron chi connectivity index (χ3n) is 4.51. The molecule has 0 radical (unpaired) electrons. The molecule has 3 rings (SSSR count). The Labute approximate surface area is 144 Å². The van der Waals surface area contributed by atoms with Crippen molar-refractivity contribution in [2.45, 2.75) is 25.5 Å². The molecule has 0 aliphatic carbocycles. The van der Waals surface area contributed by atoms with Gasteiger partial charge in [0.25, 0.3) is 0 Å². The summed E-state index contributed by atoms with van der Waals surface area (Å²) in [6, 6.07) is 5.05. The summed E-state index contributed by atoms with van der Waals surface area (Å²) < 4.78 is 21.1. The second-order valence-electron chi connectivity index (χ2n) is 6.02. The van der Waals surface area contributed by atoms with E-state index < -0.39 is 5.63 Å². The van der Waals surface area contributed by atoms with E-state index in [1.165, 1.54) is 0 Å². The molecule has 2 aromatic rings. The second kappa shape index (κ2) is 7.25. The summed E-state index contributed by atoms with van der Waals surface area (Å²) in [7, 11) is 3.12. The van der Waals surface area contributed by atoms with Crippen LogP contribution in [0.1, 0.15) is 11.1 Å². The van der Waals surface area contributed by atoms with Crippen LogP contribution in [0.2, 0.25) is 0 Å². The molecule has 0 spiro atoms. The van der Waals surface area contributed by atoms with Gasteiger partial charge >= 0.3 is 5.63 Å². The lowest BCUT2D eigenvalue weighted by Gasteiger charge is -2.17. The van der Waals surface area contributed by atoms with Crippen molar-refractivity contribution in [3.8, 4) is 5.75 Å². The van der Waals surface area contributed by atoms with Crippen molar-refractivity contribution in [3.63, 3.8) is 0 Å². The summed E-state index contributed by atoms with van der Waals surface area (Å²) in [5, 5.41) is 3.64. The normalized spacial score (nSPS) is 20.0. The third-order valence-corrected chi connectivity index (χ3v) is 4.51. The average Bonchev–Trinajstić information content (AvgIpc) is 3.05. The zero-order valence-electron chi connectivity index (χ0n) is 14.5. The number of hydrogen-bond acceptors (Lipinski definition) is 6. The number of methoxy groups -OCH3 is 2. The number of carbonyl (C=O) groups is 1. The molecule has 134 valence electrons. The fraction of sp³-hybridized carbons (Fsp3) is 0.444. The first-order valence-corrected chi connectivity index (χ1v) is 8.03. The molecule has 7 heteroatoms. The maximum atomic E-state index is 12.3. The van der Waals surface area contributed by atoms with E-state index in [9.17, 15) is 9.59 Å². The van der Waals surface area contributed by atoms with Crippen LogP contribution in [-0.2, 0) is 20.7 Å². The quantitative estimate of drug-likeness (QED) is 0.818. The third kappa shape index (κ3) is 3.52. The van der Waals surface area contributed by atoms with Gasteiger partial charge in [-0.05, 0) is 24.6 Å². The van der Waals surface area contributed by atoms with Gasteiger partial charge in [-0.25, -0.2) is 4.79 Å². The van der Waals surface area contributed by atoms with Crippen molar-refractivity contribution in [3.05, 3.63) is 39.7 Å². The SMILES string of the molecule is COc1ccc2c(C)c(CC(=O)N[C@H]3COC[C@@H]3OC)c(=O)oc2c1. The smallest absolute Gasteiger partial charge is 0.340 e. The summed E-state index contributed by atoms with van der Waals surface area (Å²) >= 11 is 0. The molecule has 7 nitrogen and oxygen atoms in total. The Hall–Kier alpha value is -2.38. The first-order valence-electron chi connectivity index (χ1n) is 8.03. The Balaban J connectivity index is 1.83. The maximum absolute atomic E-state index is 12.3. The molecule has 1 fully saturated rings. The summed E-state index contributed by atoms with van der Waals surface area (Å²) in [5.74, 6) is 0.341. The summed E-state index contributed by atoms with van der Waals surface area (Å²) in [6.07, 6.45) is -0.228. The van der Waals surface area contributed by atoms with Crippen LogP contribution >= 0.6 is 0 Å². The molecule has 25 heavy (non-hydrogen) atoms. The highest BCUT2D eigenvalue weighted by Crippen LogP contribution is 2.24. The van der Waals surface area contributed by atoms with Crippen LogP contribution in [0.25, 0.3) is 11.0 Å². The molecule has 1 amide bonds. The van der Waals surface area contributed by atoms with Gasteiger partial charge in [-0.1, -0.05) is 0 Å².